The van der Waals surface area contributed by atoms with Gasteiger partial charge in [-0.1, -0.05) is 26.0 Å². The van der Waals surface area contributed by atoms with Crippen molar-refractivity contribution in [3.05, 3.63) is 29.8 Å². The highest BCUT2D eigenvalue weighted by Gasteiger charge is 2.06. The SMILES string of the molecule is CC(C)CCC(=O)NCC(=O)NCCc1ccc(N)cc1.Cl. The first kappa shape index (κ1) is 20.2. The van der Waals surface area contributed by atoms with Crippen molar-refractivity contribution in [1.29, 1.82) is 0 Å². The van der Waals surface area contributed by atoms with Crippen LogP contribution in [-0.2, 0) is 16.0 Å². The first-order chi connectivity index (χ1) is 9.97. The topological polar surface area (TPSA) is 84.2 Å². The van der Waals surface area contributed by atoms with E-state index in [1.165, 1.54) is 0 Å². The highest BCUT2D eigenvalue weighted by molar-refractivity contribution is 5.85. The van der Waals surface area contributed by atoms with Crippen molar-refractivity contribution in [2.75, 3.05) is 18.8 Å². The Morgan fingerprint density at radius 1 is 1.09 bits per heavy atom. The Morgan fingerprint density at radius 2 is 1.73 bits per heavy atom. The van der Waals surface area contributed by atoms with Gasteiger partial charge < -0.3 is 16.4 Å². The lowest BCUT2D eigenvalue weighted by Crippen LogP contribution is -2.37. The number of benzene rings is 1. The second kappa shape index (κ2) is 10.9. The van der Waals surface area contributed by atoms with Gasteiger partial charge >= 0.3 is 0 Å². The Hall–Kier alpha value is -1.75. The fourth-order valence-electron chi connectivity index (χ4n) is 1.78. The summed E-state index contributed by atoms with van der Waals surface area (Å²) in [6.07, 6.45) is 2.05. The summed E-state index contributed by atoms with van der Waals surface area (Å²) in [6, 6.07) is 7.56. The molecule has 4 N–H and O–H groups in total. The van der Waals surface area contributed by atoms with Crippen LogP contribution >= 0.6 is 12.4 Å². The molecule has 5 nitrogen and oxygen atoms in total. The van der Waals surface area contributed by atoms with Gasteiger partial charge in [0.05, 0.1) is 6.54 Å². The van der Waals surface area contributed by atoms with Crippen molar-refractivity contribution in [3.63, 3.8) is 0 Å². The zero-order chi connectivity index (χ0) is 15.7. The molecule has 22 heavy (non-hydrogen) atoms. The molecule has 124 valence electrons. The molecule has 0 radical (unpaired) electrons. The molecule has 1 aromatic rings. The molecular formula is C16H26ClN3O2. The summed E-state index contributed by atoms with van der Waals surface area (Å²) in [6.45, 7) is 4.72. The maximum Gasteiger partial charge on any atom is 0.239 e. The summed E-state index contributed by atoms with van der Waals surface area (Å²) in [7, 11) is 0. The molecule has 0 saturated heterocycles. The van der Waals surface area contributed by atoms with Crippen LogP contribution < -0.4 is 16.4 Å². The van der Waals surface area contributed by atoms with E-state index in [-0.39, 0.29) is 30.8 Å². The number of carbonyl (C=O) groups excluding carboxylic acids is 2. The summed E-state index contributed by atoms with van der Waals surface area (Å²) in [5.41, 5.74) is 7.45. The molecule has 1 aromatic carbocycles. The smallest absolute Gasteiger partial charge is 0.239 e. The van der Waals surface area contributed by atoms with Crippen LogP contribution in [0.2, 0.25) is 0 Å². The maximum atomic E-state index is 11.6. The molecule has 1 rings (SSSR count). The molecule has 0 aliphatic heterocycles. The zero-order valence-electron chi connectivity index (χ0n) is 13.2. The van der Waals surface area contributed by atoms with Crippen LogP contribution in [0.5, 0.6) is 0 Å². The van der Waals surface area contributed by atoms with E-state index in [4.69, 9.17) is 5.73 Å². The Kier molecular flexibility index (Phi) is 10.0. The molecule has 2 amide bonds. The van der Waals surface area contributed by atoms with Crippen molar-refractivity contribution < 1.29 is 9.59 Å². The van der Waals surface area contributed by atoms with Crippen molar-refractivity contribution in [1.82, 2.24) is 10.6 Å². The van der Waals surface area contributed by atoms with Crippen molar-refractivity contribution in [3.8, 4) is 0 Å². The largest absolute Gasteiger partial charge is 0.399 e. The van der Waals surface area contributed by atoms with Crippen LogP contribution in [0.3, 0.4) is 0 Å². The van der Waals surface area contributed by atoms with Gasteiger partial charge in [-0.05, 0) is 36.5 Å². The number of nitrogen functional groups attached to an aromatic ring is 1. The van der Waals surface area contributed by atoms with Gasteiger partial charge in [-0.3, -0.25) is 9.59 Å². The average molecular weight is 328 g/mol. The van der Waals surface area contributed by atoms with E-state index >= 15 is 0 Å². The molecule has 0 heterocycles. The van der Waals surface area contributed by atoms with Gasteiger partial charge in [-0.2, -0.15) is 0 Å². The third-order valence-electron chi connectivity index (χ3n) is 3.11. The fraction of sp³-hybridized carbons (Fsp3) is 0.500. The third kappa shape index (κ3) is 9.23. The first-order valence-electron chi connectivity index (χ1n) is 7.35. The number of rotatable bonds is 8. The number of anilines is 1. The first-order valence-corrected chi connectivity index (χ1v) is 7.35. The van der Waals surface area contributed by atoms with Crippen molar-refractivity contribution in [2.24, 2.45) is 5.92 Å². The highest BCUT2D eigenvalue weighted by atomic mass is 35.5. The number of amides is 2. The number of nitrogens with two attached hydrogens (primary N) is 1. The van der Waals surface area contributed by atoms with Gasteiger partial charge in [0.2, 0.25) is 11.8 Å². The van der Waals surface area contributed by atoms with Crippen LogP contribution in [0, 0.1) is 5.92 Å². The van der Waals surface area contributed by atoms with Gasteiger partial charge in [0.1, 0.15) is 0 Å². The van der Waals surface area contributed by atoms with Crippen LogP contribution in [0.15, 0.2) is 24.3 Å². The monoisotopic (exact) mass is 327 g/mol. The highest BCUT2D eigenvalue weighted by Crippen LogP contribution is 2.05. The van der Waals surface area contributed by atoms with Gasteiger partial charge in [-0.25, -0.2) is 0 Å². The van der Waals surface area contributed by atoms with E-state index in [9.17, 15) is 9.59 Å². The van der Waals surface area contributed by atoms with Gasteiger partial charge in [0, 0.05) is 18.7 Å². The minimum Gasteiger partial charge on any atom is -0.399 e. The van der Waals surface area contributed by atoms with Crippen molar-refractivity contribution in [2.45, 2.75) is 33.1 Å². The standard InChI is InChI=1S/C16H25N3O2.ClH/c1-12(2)3-8-15(20)19-11-16(21)18-10-9-13-4-6-14(17)7-5-13;/h4-7,12H,3,8-11,17H2,1-2H3,(H,18,21)(H,19,20);1H. The summed E-state index contributed by atoms with van der Waals surface area (Å²) >= 11 is 0. The van der Waals surface area contributed by atoms with E-state index in [0.29, 0.717) is 18.9 Å². The van der Waals surface area contributed by atoms with E-state index in [2.05, 4.69) is 24.5 Å². The predicted octanol–water partition coefficient (Wildman–Crippen LogP) is 1.90. The molecule has 6 heteroatoms. The molecule has 0 aliphatic carbocycles. The third-order valence-corrected chi connectivity index (χ3v) is 3.11. The van der Waals surface area contributed by atoms with Crippen LogP contribution in [-0.4, -0.2) is 24.9 Å². The quantitative estimate of drug-likeness (QED) is 0.638. The Labute approximate surface area is 138 Å². The summed E-state index contributed by atoms with van der Waals surface area (Å²) in [5.74, 6) is 0.255. The van der Waals surface area contributed by atoms with Gasteiger partial charge in [-0.15, -0.1) is 12.4 Å². The van der Waals surface area contributed by atoms with Crippen LogP contribution in [0.1, 0.15) is 32.3 Å². The number of carbonyl (C=O) groups is 2. The molecule has 0 spiro atoms. The number of nitrogens with one attached hydrogen (secondary N) is 2. The average Bonchev–Trinajstić information content (AvgIpc) is 2.45. The minimum absolute atomic E-state index is 0. The molecular weight excluding hydrogens is 302 g/mol. The molecule has 0 fully saturated rings. The molecule has 0 bridgehead atoms. The predicted molar refractivity (Wildman–Crippen MR) is 91.9 cm³/mol. The molecule has 0 saturated carbocycles. The van der Waals surface area contributed by atoms with Crippen LogP contribution in [0.25, 0.3) is 0 Å². The number of hydrogen-bond acceptors (Lipinski definition) is 3. The lowest BCUT2D eigenvalue weighted by Gasteiger charge is -2.08. The lowest BCUT2D eigenvalue weighted by molar-refractivity contribution is -0.126. The van der Waals surface area contributed by atoms with E-state index in [0.717, 1.165) is 24.1 Å². The lowest BCUT2D eigenvalue weighted by atomic mass is 10.1. The van der Waals surface area contributed by atoms with Crippen LogP contribution in [0.4, 0.5) is 5.69 Å². The summed E-state index contributed by atoms with van der Waals surface area (Å²) in [4.78, 5) is 23.1. The van der Waals surface area contributed by atoms with Gasteiger partial charge in [0.25, 0.3) is 0 Å². The van der Waals surface area contributed by atoms with E-state index in [1.807, 2.05) is 24.3 Å². The molecule has 0 atom stereocenters. The number of hydrogen-bond donors (Lipinski definition) is 3. The maximum absolute atomic E-state index is 11.6. The molecule has 0 aliphatic rings. The Balaban J connectivity index is 0.00000441. The second-order valence-electron chi connectivity index (χ2n) is 5.55. The summed E-state index contributed by atoms with van der Waals surface area (Å²) < 4.78 is 0. The Morgan fingerprint density at radius 3 is 2.32 bits per heavy atom. The minimum atomic E-state index is -0.164. The number of halogens is 1. The second-order valence-corrected chi connectivity index (χ2v) is 5.55. The normalized spacial score (nSPS) is 9.95. The van der Waals surface area contributed by atoms with E-state index in [1.54, 1.807) is 0 Å². The van der Waals surface area contributed by atoms with Crippen molar-refractivity contribution >= 4 is 29.9 Å². The van der Waals surface area contributed by atoms with Gasteiger partial charge in [0.15, 0.2) is 0 Å². The zero-order valence-corrected chi connectivity index (χ0v) is 14.0. The molecule has 0 unspecified atom stereocenters. The molecule has 0 aromatic heterocycles. The Bertz CT molecular complexity index is 461. The fourth-order valence-corrected chi connectivity index (χ4v) is 1.78. The van der Waals surface area contributed by atoms with E-state index < -0.39 is 0 Å². The summed E-state index contributed by atoms with van der Waals surface area (Å²) in [5, 5.41) is 5.41.